The highest BCUT2D eigenvalue weighted by Crippen LogP contribution is 2.26. The fraction of sp³-hybridized carbons (Fsp3) is 0.409. The zero-order chi connectivity index (χ0) is 19.7. The van der Waals surface area contributed by atoms with Crippen molar-refractivity contribution in [2.45, 2.75) is 50.0 Å². The molecule has 148 valence electrons. The first-order chi connectivity index (χ1) is 13.4. The fourth-order valence-corrected chi connectivity index (χ4v) is 5.66. The van der Waals surface area contributed by atoms with E-state index in [4.69, 9.17) is 0 Å². The van der Waals surface area contributed by atoms with Crippen molar-refractivity contribution in [2.24, 2.45) is 0 Å². The molecule has 2 aromatic carbocycles. The van der Waals surface area contributed by atoms with Crippen LogP contribution in [0.2, 0.25) is 0 Å². The second-order valence-electron chi connectivity index (χ2n) is 7.72. The van der Waals surface area contributed by atoms with Crippen molar-refractivity contribution in [1.29, 1.82) is 0 Å². The van der Waals surface area contributed by atoms with Crippen LogP contribution < -0.4 is 5.32 Å². The van der Waals surface area contributed by atoms with Crippen molar-refractivity contribution >= 4 is 15.9 Å². The van der Waals surface area contributed by atoms with E-state index in [1.807, 2.05) is 6.92 Å². The number of carbonyl (C=O) groups excluding carboxylic acids is 1. The maximum absolute atomic E-state index is 12.8. The van der Waals surface area contributed by atoms with Crippen LogP contribution in [-0.4, -0.2) is 31.7 Å². The molecular formula is C22H26N2O3S. The Morgan fingerprint density at radius 3 is 2.54 bits per heavy atom. The van der Waals surface area contributed by atoms with E-state index in [-0.39, 0.29) is 16.8 Å². The molecule has 5 nitrogen and oxygen atoms in total. The van der Waals surface area contributed by atoms with Gasteiger partial charge in [0.25, 0.3) is 5.91 Å². The molecule has 2 aromatic rings. The zero-order valence-corrected chi connectivity index (χ0v) is 17.0. The van der Waals surface area contributed by atoms with E-state index in [1.54, 1.807) is 18.2 Å². The van der Waals surface area contributed by atoms with Crippen LogP contribution in [0, 0.1) is 0 Å². The molecule has 6 heteroatoms. The van der Waals surface area contributed by atoms with Crippen molar-refractivity contribution in [3.8, 4) is 0 Å². The highest BCUT2D eigenvalue weighted by molar-refractivity contribution is 7.89. The van der Waals surface area contributed by atoms with E-state index in [1.165, 1.54) is 27.9 Å². The lowest BCUT2D eigenvalue weighted by atomic mass is 10.0. The molecule has 0 spiro atoms. The number of carbonyl (C=O) groups is 1. The van der Waals surface area contributed by atoms with Gasteiger partial charge in [-0.15, -0.1) is 0 Å². The van der Waals surface area contributed by atoms with Crippen LogP contribution in [0.5, 0.6) is 0 Å². The monoisotopic (exact) mass is 398 g/mol. The van der Waals surface area contributed by atoms with Gasteiger partial charge < -0.3 is 5.32 Å². The maximum atomic E-state index is 12.8. The summed E-state index contributed by atoms with van der Waals surface area (Å²) in [5.74, 6) is -0.258. The second-order valence-corrected chi connectivity index (χ2v) is 9.65. The molecule has 1 aliphatic carbocycles. The highest BCUT2D eigenvalue weighted by atomic mass is 32.2. The molecule has 0 bridgehead atoms. The second kappa shape index (κ2) is 7.68. The highest BCUT2D eigenvalue weighted by Gasteiger charge is 2.27. The van der Waals surface area contributed by atoms with Crippen molar-refractivity contribution in [2.75, 3.05) is 13.1 Å². The lowest BCUT2D eigenvalue weighted by Crippen LogP contribution is -2.29. The molecule has 1 heterocycles. The predicted octanol–water partition coefficient (Wildman–Crippen LogP) is 3.45. The Kier molecular flexibility index (Phi) is 5.25. The van der Waals surface area contributed by atoms with Crippen LogP contribution in [0.1, 0.15) is 59.3 Å². The van der Waals surface area contributed by atoms with Gasteiger partial charge in [-0.25, -0.2) is 8.42 Å². The molecule has 0 aromatic heterocycles. The van der Waals surface area contributed by atoms with Crippen LogP contribution in [0.15, 0.2) is 47.4 Å². The Morgan fingerprint density at radius 1 is 1.00 bits per heavy atom. The van der Waals surface area contributed by atoms with Crippen molar-refractivity contribution in [3.63, 3.8) is 0 Å². The summed E-state index contributed by atoms with van der Waals surface area (Å²) >= 11 is 0. The van der Waals surface area contributed by atoms with E-state index < -0.39 is 10.0 Å². The largest absolute Gasteiger partial charge is 0.346 e. The number of nitrogens with zero attached hydrogens (tertiary/aromatic N) is 1. The summed E-state index contributed by atoms with van der Waals surface area (Å²) in [6.45, 7) is 3.06. The summed E-state index contributed by atoms with van der Waals surface area (Å²) in [5, 5.41) is 3.00. The third-order valence-corrected chi connectivity index (χ3v) is 7.66. The lowest BCUT2D eigenvalue weighted by molar-refractivity contribution is 0.0939. The van der Waals surface area contributed by atoms with Crippen LogP contribution in [0.4, 0.5) is 0 Å². The Labute approximate surface area is 166 Å². The number of fused-ring (bicyclic) bond motifs is 1. The summed E-state index contributed by atoms with van der Waals surface area (Å²) in [6.07, 6.45) is 5.20. The molecule has 0 unspecified atom stereocenters. The summed E-state index contributed by atoms with van der Waals surface area (Å²) in [5.41, 5.74) is 4.22. The van der Waals surface area contributed by atoms with Gasteiger partial charge >= 0.3 is 0 Å². The van der Waals surface area contributed by atoms with Crippen molar-refractivity contribution < 1.29 is 13.2 Å². The van der Waals surface area contributed by atoms with E-state index in [0.29, 0.717) is 18.7 Å². The fourth-order valence-electron chi connectivity index (χ4n) is 4.10. The first-order valence-electron chi connectivity index (χ1n) is 9.98. The standard InChI is InChI=1S/C22H26N2O3S/c1-16(18-11-10-17-6-4-7-19(17)14-18)23-22(25)20-8-5-9-21(15-20)28(26,27)24-12-2-3-13-24/h5,8-11,14-16H,2-4,6-7,12-13H2,1H3,(H,23,25)/t16-/m1/s1. The molecule has 0 saturated carbocycles. The number of sulfonamides is 1. The Bertz CT molecular complexity index is 995. The van der Waals surface area contributed by atoms with E-state index in [2.05, 4.69) is 23.5 Å². The molecular weight excluding hydrogens is 372 g/mol. The Morgan fingerprint density at radius 2 is 1.75 bits per heavy atom. The Hall–Kier alpha value is -2.18. The van der Waals surface area contributed by atoms with Crippen molar-refractivity contribution in [3.05, 3.63) is 64.7 Å². The van der Waals surface area contributed by atoms with Crippen LogP contribution in [-0.2, 0) is 22.9 Å². The molecule has 0 radical (unpaired) electrons. The first kappa shape index (κ1) is 19.2. The number of hydrogen-bond acceptors (Lipinski definition) is 3. The maximum Gasteiger partial charge on any atom is 0.251 e. The first-order valence-corrected chi connectivity index (χ1v) is 11.4. The van der Waals surface area contributed by atoms with Crippen LogP contribution >= 0.6 is 0 Å². The molecule has 1 saturated heterocycles. The third kappa shape index (κ3) is 3.71. The van der Waals surface area contributed by atoms with Gasteiger partial charge in [0.05, 0.1) is 10.9 Å². The van der Waals surface area contributed by atoms with Gasteiger partial charge in [-0.2, -0.15) is 4.31 Å². The minimum Gasteiger partial charge on any atom is -0.346 e. The van der Waals surface area contributed by atoms with Crippen molar-refractivity contribution in [1.82, 2.24) is 9.62 Å². The number of nitrogens with one attached hydrogen (secondary N) is 1. The molecule has 1 amide bonds. The number of rotatable bonds is 5. The molecule has 4 rings (SSSR count). The van der Waals surface area contributed by atoms with E-state index >= 15 is 0 Å². The Balaban J connectivity index is 1.50. The third-order valence-electron chi connectivity index (χ3n) is 5.77. The summed E-state index contributed by atoms with van der Waals surface area (Å²) in [7, 11) is -3.53. The number of benzene rings is 2. The summed E-state index contributed by atoms with van der Waals surface area (Å²) in [4.78, 5) is 12.9. The summed E-state index contributed by atoms with van der Waals surface area (Å²) < 4.78 is 27.0. The number of hydrogen-bond donors (Lipinski definition) is 1. The van der Waals surface area contributed by atoms with Crippen LogP contribution in [0.25, 0.3) is 0 Å². The zero-order valence-electron chi connectivity index (χ0n) is 16.1. The predicted molar refractivity (Wildman–Crippen MR) is 109 cm³/mol. The van der Waals surface area contributed by atoms with Crippen LogP contribution in [0.3, 0.4) is 0 Å². The minimum atomic E-state index is -3.53. The van der Waals surface area contributed by atoms with Gasteiger partial charge in [-0.05, 0) is 73.9 Å². The number of amides is 1. The molecule has 1 fully saturated rings. The van der Waals surface area contributed by atoms with Gasteiger partial charge in [-0.1, -0.05) is 24.3 Å². The molecule has 1 aliphatic heterocycles. The smallest absolute Gasteiger partial charge is 0.251 e. The van der Waals surface area contributed by atoms with Gasteiger partial charge in [0.15, 0.2) is 0 Å². The van der Waals surface area contributed by atoms with Gasteiger partial charge in [-0.3, -0.25) is 4.79 Å². The quantitative estimate of drug-likeness (QED) is 0.839. The van der Waals surface area contributed by atoms with Gasteiger partial charge in [0.2, 0.25) is 10.0 Å². The lowest BCUT2D eigenvalue weighted by Gasteiger charge is -2.17. The number of aryl methyl sites for hydroxylation is 2. The van der Waals surface area contributed by atoms with Gasteiger partial charge in [0.1, 0.15) is 0 Å². The molecule has 28 heavy (non-hydrogen) atoms. The average Bonchev–Trinajstić information content (AvgIpc) is 3.39. The summed E-state index contributed by atoms with van der Waals surface area (Å²) in [6, 6.07) is 12.6. The normalized spacial score (nSPS) is 18.0. The topological polar surface area (TPSA) is 66.5 Å². The minimum absolute atomic E-state index is 0.141. The molecule has 2 aliphatic rings. The SMILES string of the molecule is C[C@@H](NC(=O)c1cccc(S(=O)(=O)N2CCCC2)c1)c1ccc2c(c1)CCC2. The molecule has 1 atom stereocenters. The van der Waals surface area contributed by atoms with Gasteiger partial charge in [0, 0.05) is 18.7 Å². The molecule has 1 N–H and O–H groups in total. The van der Waals surface area contributed by atoms with E-state index in [0.717, 1.165) is 31.2 Å². The van der Waals surface area contributed by atoms with E-state index in [9.17, 15) is 13.2 Å². The average molecular weight is 399 g/mol.